The van der Waals surface area contributed by atoms with Crippen LogP contribution in [0, 0.1) is 18.8 Å². The average molecular weight is 629 g/mol. The first kappa shape index (κ1) is 31.5. The van der Waals surface area contributed by atoms with Gasteiger partial charge in [-0.05, 0) is 72.6 Å². The summed E-state index contributed by atoms with van der Waals surface area (Å²) >= 11 is 0. The molecule has 5 atom stereocenters. The van der Waals surface area contributed by atoms with Gasteiger partial charge in [0.2, 0.25) is 0 Å². The number of benzene rings is 3. The van der Waals surface area contributed by atoms with E-state index in [1.807, 2.05) is 50.2 Å². The zero-order valence-corrected chi connectivity index (χ0v) is 27.6. The Labute approximate surface area is 266 Å². The molecular formula is C37H44N2O5S. The van der Waals surface area contributed by atoms with Crippen molar-refractivity contribution >= 4 is 26.9 Å². The van der Waals surface area contributed by atoms with Gasteiger partial charge in [0.05, 0.1) is 35.1 Å². The number of hydrogen-bond acceptors (Lipinski definition) is 6. The van der Waals surface area contributed by atoms with Crippen LogP contribution in [0.3, 0.4) is 0 Å². The molecule has 4 aromatic rings. The number of piperidine rings is 1. The number of ether oxygens (including phenoxy) is 1. The minimum absolute atomic E-state index is 0.151. The van der Waals surface area contributed by atoms with Crippen LogP contribution in [0.4, 0.5) is 0 Å². The van der Waals surface area contributed by atoms with Gasteiger partial charge in [0.15, 0.2) is 0 Å². The van der Waals surface area contributed by atoms with E-state index in [1.54, 1.807) is 18.3 Å². The number of rotatable bonds is 8. The first-order valence-corrected chi connectivity index (χ1v) is 17.7. The molecule has 1 aromatic heterocycles. The van der Waals surface area contributed by atoms with E-state index in [1.165, 1.54) is 15.1 Å². The first-order valence-electron chi connectivity index (χ1n) is 16.2. The molecule has 1 unspecified atom stereocenters. The van der Waals surface area contributed by atoms with Gasteiger partial charge in [-0.1, -0.05) is 81.3 Å². The summed E-state index contributed by atoms with van der Waals surface area (Å²) < 4.78 is 35.3. The van der Waals surface area contributed by atoms with E-state index in [0.29, 0.717) is 37.9 Å². The fourth-order valence-electron chi connectivity index (χ4n) is 7.90. The summed E-state index contributed by atoms with van der Waals surface area (Å²) in [6.07, 6.45) is 3.01. The number of aryl methyl sites for hydroxylation is 1. The van der Waals surface area contributed by atoms with E-state index in [-0.39, 0.29) is 40.7 Å². The Kier molecular flexibility index (Phi) is 8.67. The molecule has 1 N–H and O–H groups in total. The second-order valence-corrected chi connectivity index (χ2v) is 14.7. The maximum Gasteiger partial charge on any atom is 0.309 e. The summed E-state index contributed by atoms with van der Waals surface area (Å²) in [6, 6.07) is 20.3. The van der Waals surface area contributed by atoms with Crippen LogP contribution in [-0.2, 0) is 26.0 Å². The lowest BCUT2D eigenvalue weighted by Gasteiger charge is -2.48. The highest BCUT2D eigenvalue weighted by atomic mass is 32.2. The van der Waals surface area contributed by atoms with Gasteiger partial charge in [0.25, 0.3) is 10.0 Å². The van der Waals surface area contributed by atoms with Gasteiger partial charge in [-0.25, -0.2) is 12.4 Å². The molecule has 7 nitrogen and oxygen atoms in total. The van der Waals surface area contributed by atoms with Crippen molar-refractivity contribution in [1.29, 1.82) is 0 Å². The molecule has 1 saturated heterocycles. The van der Waals surface area contributed by atoms with Crippen LogP contribution in [-0.4, -0.2) is 47.6 Å². The highest BCUT2D eigenvalue weighted by Gasteiger charge is 2.49. The molecule has 2 heterocycles. The summed E-state index contributed by atoms with van der Waals surface area (Å²) in [4.78, 5) is 16.0. The molecule has 0 saturated carbocycles. The van der Waals surface area contributed by atoms with Crippen LogP contribution >= 0.6 is 0 Å². The van der Waals surface area contributed by atoms with Gasteiger partial charge in [0, 0.05) is 30.6 Å². The van der Waals surface area contributed by atoms with E-state index in [0.717, 1.165) is 22.1 Å². The number of nitrogens with zero attached hydrogens (tertiary/aromatic N) is 2. The van der Waals surface area contributed by atoms with Crippen molar-refractivity contribution < 1.29 is 23.1 Å². The lowest BCUT2D eigenvalue weighted by atomic mass is 9.74. The highest BCUT2D eigenvalue weighted by molar-refractivity contribution is 7.90. The molecule has 8 heteroatoms. The number of para-hydroxylation sites is 1. The minimum Gasteiger partial charge on any atom is -0.466 e. The third-order valence-corrected chi connectivity index (χ3v) is 11.6. The number of carbonyl (C=O) groups excluding carboxylic acids is 1. The van der Waals surface area contributed by atoms with Gasteiger partial charge in [-0.15, -0.1) is 0 Å². The first-order chi connectivity index (χ1) is 21.6. The smallest absolute Gasteiger partial charge is 0.309 e. The summed E-state index contributed by atoms with van der Waals surface area (Å²) in [5.74, 6) is -0.431. The number of carbonyl (C=O) groups is 1. The molecule has 45 heavy (non-hydrogen) atoms. The Morgan fingerprint density at radius 2 is 1.73 bits per heavy atom. The van der Waals surface area contributed by atoms with E-state index in [2.05, 4.69) is 43.9 Å². The van der Waals surface area contributed by atoms with Crippen LogP contribution in [0.15, 0.2) is 77.8 Å². The van der Waals surface area contributed by atoms with Gasteiger partial charge in [-0.2, -0.15) is 0 Å². The zero-order chi connectivity index (χ0) is 32.0. The summed E-state index contributed by atoms with van der Waals surface area (Å²) in [6.45, 7) is 11.1. The van der Waals surface area contributed by atoms with Crippen LogP contribution in [0.2, 0.25) is 0 Å². The summed E-state index contributed by atoms with van der Waals surface area (Å²) in [5.41, 5.74) is 5.98. The zero-order valence-electron chi connectivity index (χ0n) is 26.8. The predicted molar refractivity (Wildman–Crippen MR) is 177 cm³/mol. The van der Waals surface area contributed by atoms with Gasteiger partial charge in [0.1, 0.15) is 0 Å². The van der Waals surface area contributed by atoms with Crippen molar-refractivity contribution in [2.24, 2.45) is 11.8 Å². The molecule has 0 bridgehead atoms. The molecular weight excluding hydrogens is 584 g/mol. The Hall–Kier alpha value is -3.46. The Morgan fingerprint density at radius 3 is 2.42 bits per heavy atom. The number of hydrogen-bond donors (Lipinski definition) is 1. The Morgan fingerprint density at radius 1 is 1.00 bits per heavy atom. The normalized spacial score (nSPS) is 23.8. The molecule has 238 valence electrons. The third kappa shape index (κ3) is 5.41. The number of aliphatic hydroxyl groups excluding tert-OH is 1. The van der Waals surface area contributed by atoms with Crippen molar-refractivity contribution in [3.05, 3.63) is 101 Å². The van der Waals surface area contributed by atoms with Crippen LogP contribution < -0.4 is 0 Å². The molecule has 0 amide bonds. The average Bonchev–Trinajstić information content (AvgIpc) is 3.58. The number of likely N-dealkylation sites (tertiary alicyclic amines) is 1. The molecule has 1 aliphatic heterocycles. The predicted octanol–water partition coefficient (Wildman–Crippen LogP) is 6.92. The fraction of sp³-hybridized carbons (Fsp3) is 0.432. The lowest BCUT2D eigenvalue weighted by molar-refractivity contribution is -0.155. The monoisotopic (exact) mass is 628 g/mol. The maximum absolute atomic E-state index is 14.2. The van der Waals surface area contributed by atoms with Crippen molar-refractivity contribution in [1.82, 2.24) is 8.87 Å². The van der Waals surface area contributed by atoms with E-state index in [9.17, 15) is 18.3 Å². The fourth-order valence-corrected chi connectivity index (χ4v) is 9.28. The number of esters is 1. The largest absolute Gasteiger partial charge is 0.466 e. The Bertz CT molecular complexity index is 1810. The lowest BCUT2D eigenvalue weighted by Crippen LogP contribution is -2.49. The molecule has 0 spiro atoms. The number of aliphatic hydroxyl groups is 1. The molecule has 6 rings (SSSR count). The minimum atomic E-state index is -3.92. The second-order valence-electron chi connectivity index (χ2n) is 12.9. The summed E-state index contributed by atoms with van der Waals surface area (Å²) in [7, 11) is -3.92. The van der Waals surface area contributed by atoms with Crippen molar-refractivity contribution in [2.45, 2.75) is 82.9 Å². The second kappa shape index (κ2) is 12.4. The van der Waals surface area contributed by atoms with Crippen LogP contribution in [0.25, 0.3) is 10.9 Å². The van der Waals surface area contributed by atoms with Crippen molar-refractivity contribution in [2.75, 3.05) is 13.2 Å². The third-order valence-electron chi connectivity index (χ3n) is 9.94. The Balaban J connectivity index is 1.57. The van der Waals surface area contributed by atoms with E-state index < -0.39 is 16.1 Å². The quantitative estimate of drug-likeness (QED) is 0.213. The van der Waals surface area contributed by atoms with Crippen molar-refractivity contribution in [3.8, 4) is 0 Å². The topological polar surface area (TPSA) is 88.8 Å². The molecule has 0 radical (unpaired) electrons. The number of aromatic nitrogens is 1. The summed E-state index contributed by atoms with van der Waals surface area (Å²) in [5, 5.41) is 12.6. The molecule has 1 aliphatic carbocycles. The molecule has 1 fully saturated rings. The van der Waals surface area contributed by atoms with Gasteiger partial charge in [-0.3, -0.25) is 9.69 Å². The molecule has 3 aromatic carbocycles. The standard InChI is InChI=1S/C37H44N2O5S/c1-6-27-30(37(41)44-7-2)19-20-38(36-33(40)21-25-11-10-13-28(23(3)4)34(25)36)35(27)31-22-39(32-14-9-8-12-29(31)32)45(42,43)26-17-15-24(5)16-18-26/h8-18,22-23,27,30,33,35-36,40H,6-7,19-21H2,1-5H3/t27-,30?,33-,35+,36-/m1/s1. The van der Waals surface area contributed by atoms with E-state index >= 15 is 0 Å². The SMILES string of the molecule is CCOC(=O)C1CCN([C@H]2c3c(cccc3C(C)C)C[C@H]2O)[C@H](c2cn(S(=O)(=O)c3ccc(C)cc3)c3ccccc23)[C@@H]1CC. The van der Waals surface area contributed by atoms with Gasteiger partial charge >= 0.3 is 5.97 Å². The highest BCUT2D eigenvalue weighted by Crippen LogP contribution is 2.51. The maximum atomic E-state index is 14.2. The van der Waals surface area contributed by atoms with Crippen LogP contribution in [0.5, 0.6) is 0 Å². The van der Waals surface area contributed by atoms with Crippen molar-refractivity contribution in [3.63, 3.8) is 0 Å². The van der Waals surface area contributed by atoms with E-state index in [4.69, 9.17) is 4.74 Å². The molecule has 2 aliphatic rings. The van der Waals surface area contributed by atoms with Crippen LogP contribution in [0.1, 0.15) is 86.4 Å². The van der Waals surface area contributed by atoms with Gasteiger partial charge < -0.3 is 9.84 Å². The number of fused-ring (bicyclic) bond motifs is 2.